The topological polar surface area (TPSA) is 87.2 Å². The smallest absolute Gasteiger partial charge is 0.354 e. The van der Waals surface area contributed by atoms with Crippen LogP contribution in [0.2, 0.25) is 0 Å². The van der Waals surface area contributed by atoms with Crippen LogP contribution in [0.15, 0.2) is 11.3 Å². The van der Waals surface area contributed by atoms with Gasteiger partial charge in [0.2, 0.25) is 0 Å². The van der Waals surface area contributed by atoms with Crippen LogP contribution in [-0.4, -0.2) is 16.8 Å². The lowest BCUT2D eigenvalue weighted by atomic mass is 9.93. The van der Waals surface area contributed by atoms with Crippen LogP contribution < -0.4 is 5.73 Å². The molecule has 0 amide bonds. The van der Waals surface area contributed by atoms with Gasteiger partial charge in [-0.15, -0.1) is 0 Å². The Hall–Kier alpha value is -1.32. The summed E-state index contributed by atoms with van der Waals surface area (Å²) in [6, 6.07) is 0. The molecule has 0 saturated carbocycles. The molecule has 1 rings (SSSR count). The minimum atomic E-state index is -1.19. The zero-order chi connectivity index (χ0) is 9.14. The average molecular weight is 168 g/mol. The van der Waals surface area contributed by atoms with E-state index in [2.05, 4.69) is 0 Å². The largest absolute Gasteiger partial charge is 0.477 e. The monoisotopic (exact) mass is 168 g/mol. The molecule has 0 radical (unpaired) electrons. The fourth-order valence-corrected chi connectivity index (χ4v) is 1.34. The summed E-state index contributed by atoms with van der Waals surface area (Å²) in [5.41, 5.74) is 6.35. The van der Waals surface area contributed by atoms with Crippen molar-refractivity contribution >= 4 is 11.7 Å². The summed E-state index contributed by atoms with van der Waals surface area (Å²) in [7, 11) is 0. The molecule has 0 aromatic carbocycles. The molecule has 0 bridgehead atoms. The van der Waals surface area contributed by atoms with Gasteiger partial charge in [0.1, 0.15) is 5.71 Å². The highest BCUT2D eigenvalue weighted by molar-refractivity contribution is 6.41. The van der Waals surface area contributed by atoms with Crippen molar-refractivity contribution in [2.24, 2.45) is 5.73 Å². The molecule has 0 spiro atoms. The second-order valence-electron chi connectivity index (χ2n) is 2.89. The number of nitrogens with one attached hydrogen (secondary N) is 1. The first-order chi connectivity index (χ1) is 5.63. The molecule has 0 atom stereocenters. The molecule has 0 heterocycles. The zero-order valence-electron chi connectivity index (χ0n) is 6.76. The van der Waals surface area contributed by atoms with Crippen LogP contribution >= 0.6 is 0 Å². The van der Waals surface area contributed by atoms with E-state index < -0.39 is 5.97 Å². The molecule has 12 heavy (non-hydrogen) atoms. The van der Waals surface area contributed by atoms with E-state index in [1.807, 2.05) is 0 Å². The number of nitrogens with two attached hydrogens (primary N) is 1. The van der Waals surface area contributed by atoms with Gasteiger partial charge in [-0.1, -0.05) is 0 Å². The zero-order valence-corrected chi connectivity index (χ0v) is 6.76. The number of rotatable bonds is 2. The molecule has 0 saturated heterocycles. The van der Waals surface area contributed by atoms with Crippen LogP contribution in [0.4, 0.5) is 0 Å². The second kappa shape index (κ2) is 3.38. The van der Waals surface area contributed by atoms with Crippen molar-refractivity contribution in [2.45, 2.75) is 25.7 Å². The van der Waals surface area contributed by atoms with Crippen molar-refractivity contribution < 1.29 is 9.90 Å². The Morgan fingerprint density at radius 2 is 2.00 bits per heavy atom. The van der Waals surface area contributed by atoms with Crippen LogP contribution in [0.3, 0.4) is 0 Å². The van der Waals surface area contributed by atoms with Crippen molar-refractivity contribution in [1.29, 1.82) is 5.41 Å². The summed E-state index contributed by atoms with van der Waals surface area (Å²) >= 11 is 0. The predicted molar refractivity (Wildman–Crippen MR) is 45.0 cm³/mol. The van der Waals surface area contributed by atoms with Gasteiger partial charge < -0.3 is 10.8 Å². The maximum Gasteiger partial charge on any atom is 0.354 e. The Kier molecular flexibility index (Phi) is 2.47. The SMILES string of the molecule is N=C(C(=O)O)C1=C(N)CCCC1. The lowest BCUT2D eigenvalue weighted by Crippen LogP contribution is -2.20. The predicted octanol–water partition coefficient (Wildman–Crippen LogP) is 0.878. The number of carboxylic acids is 1. The minimum Gasteiger partial charge on any atom is -0.477 e. The number of carboxylic acid groups (broad SMARTS) is 1. The van der Waals surface area contributed by atoms with Gasteiger partial charge in [-0.05, 0) is 25.7 Å². The van der Waals surface area contributed by atoms with Gasteiger partial charge in [0.05, 0.1) is 0 Å². The van der Waals surface area contributed by atoms with Crippen LogP contribution in [0.25, 0.3) is 0 Å². The van der Waals surface area contributed by atoms with E-state index in [0.717, 1.165) is 19.3 Å². The number of aliphatic carboxylic acids is 1. The molecule has 1 aliphatic carbocycles. The van der Waals surface area contributed by atoms with Crippen molar-refractivity contribution in [2.75, 3.05) is 0 Å². The number of allylic oxidation sites excluding steroid dienone is 1. The average Bonchev–Trinajstić information content (AvgIpc) is 2.04. The van der Waals surface area contributed by atoms with Gasteiger partial charge in [-0.2, -0.15) is 0 Å². The summed E-state index contributed by atoms with van der Waals surface area (Å²) in [5, 5.41) is 15.8. The third-order valence-electron chi connectivity index (χ3n) is 2.03. The van der Waals surface area contributed by atoms with Crippen LogP contribution in [0.5, 0.6) is 0 Å². The fraction of sp³-hybridized carbons (Fsp3) is 0.500. The Morgan fingerprint density at radius 3 is 2.50 bits per heavy atom. The first-order valence-corrected chi connectivity index (χ1v) is 3.92. The molecule has 4 heteroatoms. The third-order valence-corrected chi connectivity index (χ3v) is 2.03. The number of hydrogen-bond acceptors (Lipinski definition) is 3. The molecular formula is C8H12N2O2. The fourth-order valence-electron chi connectivity index (χ4n) is 1.34. The van der Waals surface area contributed by atoms with E-state index >= 15 is 0 Å². The lowest BCUT2D eigenvalue weighted by Gasteiger charge is -2.15. The molecule has 0 aromatic rings. The molecule has 0 aliphatic heterocycles. The Morgan fingerprint density at radius 1 is 1.42 bits per heavy atom. The third kappa shape index (κ3) is 1.64. The van der Waals surface area contributed by atoms with E-state index in [4.69, 9.17) is 16.2 Å². The van der Waals surface area contributed by atoms with Gasteiger partial charge in [0, 0.05) is 11.3 Å². The minimum absolute atomic E-state index is 0.341. The summed E-state index contributed by atoms with van der Waals surface area (Å²) in [6.45, 7) is 0. The van der Waals surface area contributed by atoms with E-state index in [9.17, 15) is 4.79 Å². The number of hydrogen-bond donors (Lipinski definition) is 3. The molecule has 1 aliphatic rings. The summed E-state index contributed by atoms with van der Waals surface area (Å²) < 4.78 is 0. The van der Waals surface area contributed by atoms with Gasteiger partial charge >= 0.3 is 5.97 Å². The normalized spacial score (nSPS) is 17.7. The van der Waals surface area contributed by atoms with Gasteiger partial charge in [0.15, 0.2) is 0 Å². The molecular weight excluding hydrogens is 156 g/mol. The highest BCUT2D eigenvalue weighted by Crippen LogP contribution is 2.21. The Balaban J connectivity index is 2.85. The maximum atomic E-state index is 10.4. The molecule has 4 N–H and O–H groups in total. The van der Waals surface area contributed by atoms with Gasteiger partial charge in [-0.3, -0.25) is 5.41 Å². The molecule has 4 nitrogen and oxygen atoms in total. The summed E-state index contributed by atoms with van der Waals surface area (Å²) in [4.78, 5) is 10.4. The van der Waals surface area contributed by atoms with Crippen LogP contribution in [0, 0.1) is 5.41 Å². The Bertz CT molecular complexity index is 253. The first-order valence-electron chi connectivity index (χ1n) is 3.92. The second-order valence-corrected chi connectivity index (χ2v) is 2.89. The molecule has 0 unspecified atom stereocenters. The van der Waals surface area contributed by atoms with Gasteiger partial charge in [-0.25, -0.2) is 4.79 Å². The summed E-state index contributed by atoms with van der Waals surface area (Å²) in [6.07, 6.45) is 3.30. The van der Waals surface area contributed by atoms with Crippen LogP contribution in [0.1, 0.15) is 25.7 Å². The van der Waals surface area contributed by atoms with Crippen molar-refractivity contribution in [3.63, 3.8) is 0 Å². The number of carbonyl (C=O) groups is 1. The first kappa shape index (κ1) is 8.77. The molecule has 66 valence electrons. The lowest BCUT2D eigenvalue weighted by molar-refractivity contribution is -0.129. The van der Waals surface area contributed by atoms with Crippen molar-refractivity contribution in [3.05, 3.63) is 11.3 Å². The Labute approximate surface area is 70.6 Å². The van der Waals surface area contributed by atoms with E-state index in [1.54, 1.807) is 0 Å². The van der Waals surface area contributed by atoms with E-state index in [-0.39, 0.29) is 5.71 Å². The van der Waals surface area contributed by atoms with Crippen molar-refractivity contribution in [1.82, 2.24) is 0 Å². The van der Waals surface area contributed by atoms with E-state index in [0.29, 0.717) is 17.7 Å². The standard InChI is InChI=1S/C8H12N2O2/c9-6-4-2-1-3-5(6)7(10)8(11)12/h10H,1-4,9H2,(H,11,12). The molecule has 0 fully saturated rings. The maximum absolute atomic E-state index is 10.4. The highest BCUT2D eigenvalue weighted by Gasteiger charge is 2.18. The van der Waals surface area contributed by atoms with Crippen LogP contribution in [-0.2, 0) is 4.79 Å². The van der Waals surface area contributed by atoms with E-state index in [1.165, 1.54) is 0 Å². The van der Waals surface area contributed by atoms with Crippen molar-refractivity contribution in [3.8, 4) is 0 Å². The summed E-state index contributed by atoms with van der Waals surface area (Å²) in [5.74, 6) is -1.19. The van der Waals surface area contributed by atoms with Gasteiger partial charge in [0.25, 0.3) is 0 Å². The molecule has 0 aromatic heterocycles. The quantitative estimate of drug-likeness (QED) is 0.535. The highest BCUT2D eigenvalue weighted by atomic mass is 16.4.